The Bertz CT molecular complexity index is 2680. The van der Waals surface area contributed by atoms with E-state index in [4.69, 9.17) is 28.2 Å². The Morgan fingerprint density at radius 3 is 2.04 bits per heavy atom. The number of allylic oxidation sites excluding steroid dienone is 3. The predicted molar refractivity (Wildman–Crippen MR) is 240 cm³/mol. The van der Waals surface area contributed by atoms with E-state index in [0.717, 1.165) is 16.5 Å². The summed E-state index contributed by atoms with van der Waals surface area (Å²) in [6, 6.07) is 11.3. The lowest BCUT2D eigenvalue weighted by Crippen LogP contribution is -2.32. The minimum atomic E-state index is -4.88. The number of anilines is 1. The lowest BCUT2D eigenvalue weighted by molar-refractivity contribution is -0.198. The Hall–Kier alpha value is -4.89. The third kappa shape index (κ3) is 15.8. The van der Waals surface area contributed by atoms with Crippen LogP contribution < -0.4 is 14.8 Å². The maximum atomic E-state index is 12.2. The third-order valence-corrected chi connectivity index (χ3v) is 13.5. The molecule has 0 bridgehead atoms. The predicted octanol–water partition coefficient (Wildman–Crippen LogP) is 2.08. The molecule has 3 aliphatic heterocycles. The second-order valence-corrected chi connectivity index (χ2v) is 20.3. The summed E-state index contributed by atoms with van der Waals surface area (Å²) in [5.74, 6) is -2.50. The van der Waals surface area contributed by atoms with Crippen LogP contribution in [0.4, 0.5) is 5.69 Å². The van der Waals surface area contributed by atoms with E-state index in [9.17, 15) is 53.3 Å². The average Bonchev–Trinajstić information content (AvgIpc) is 3.70. The van der Waals surface area contributed by atoms with Gasteiger partial charge in [0, 0.05) is 65.7 Å². The molecule has 0 spiro atoms. The molecule has 0 saturated carbocycles. The van der Waals surface area contributed by atoms with Gasteiger partial charge in [0.2, 0.25) is 5.36 Å². The lowest BCUT2D eigenvalue weighted by atomic mass is 9.77. The standard InChI is InChI=1S/C44H57N3O18S3/c1-3-45(18-6-30-67(54,55)56)34-9-11-36-33(15-21-64-39(36)31-34)7-4-8-40-44(2,17-5-29-66(51,52)53)37-32-35(68(57,58)59)10-12-38(37)46(40)19-22-61-24-26-63-28-27-62-25-23-60-20-16-43(50)65-47-41(48)13-14-42(47)49/h4,7-12,15,21,31-32H,3,5-6,13-14,16-20,22-30H2,1-2H3,(H2-,51,52,53,54,55,56,57,58,59)/p-2. The van der Waals surface area contributed by atoms with Crippen LogP contribution in [0.3, 0.4) is 0 Å². The second kappa shape index (κ2) is 24.6. The van der Waals surface area contributed by atoms with Gasteiger partial charge in [0.15, 0.2) is 0 Å². The topological polar surface area (TPSA) is 292 Å². The number of amides is 2. The van der Waals surface area contributed by atoms with E-state index in [1.165, 1.54) is 24.5 Å². The largest absolute Gasteiger partial charge is 0.748 e. The van der Waals surface area contributed by atoms with E-state index in [2.05, 4.69) is 0 Å². The number of hydrogen-bond donors (Lipinski definition) is 0. The Morgan fingerprint density at radius 2 is 1.43 bits per heavy atom. The number of benzene rings is 2. The summed E-state index contributed by atoms with van der Waals surface area (Å²) in [6.07, 6.45) is 6.97. The number of ether oxygens (including phenoxy) is 4. The highest BCUT2D eigenvalue weighted by molar-refractivity contribution is 7.86. The average molecular weight is 1010 g/mol. The molecule has 3 heterocycles. The zero-order valence-electron chi connectivity index (χ0n) is 37.7. The maximum absolute atomic E-state index is 12.2. The van der Waals surface area contributed by atoms with Crippen LogP contribution in [0.25, 0.3) is 17.4 Å². The second-order valence-electron chi connectivity index (χ2n) is 15.9. The first-order chi connectivity index (χ1) is 32.2. The molecule has 0 N–H and O–H groups in total. The molecule has 5 rings (SSSR count). The van der Waals surface area contributed by atoms with Crippen molar-refractivity contribution < 1.29 is 81.5 Å². The molecule has 374 valence electrons. The summed E-state index contributed by atoms with van der Waals surface area (Å²) in [6.45, 7) is 6.31. The Balaban J connectivity index is 1.22. The van der Waals surface area contributed by atoms with Gasteiger partial charge in [0.05, 0.1) is 96.7 Å². The Kier molecular flexibility index (Phi) is 19.6. The van der Waals surface area contributed by atoms with Gasteiger partial charge in [-0.1, -0.05) is 12.2 Å². The van der Waals surface area contributed by atoms with E-state index in [0.29, 0.717) is 40.9 Å². The van der Waals surface area contributed by atoms with Crippen LogP contribution in [0.15, 0.2) is 75.9 Å². The van der Waals surface area contributed by atoms with Gasteiger partial charge in [-0.2, -0.15) is 0 Å². The highest BCUT2D eigenvalue weighted by atomic mass is 32.2. The van der Waals surface area contributed by atoms with Gasteiger partial charge in [0.25, 0.3) is 11.8 Å². The molecule has 1 saturated heterocycles. The first-order valence-corrected chi connectivity index (χ1v) is 26.4. The van der Waals surface area contributed by atoms with Crippen molar-refractivity contribution in [2.45, 2.75) is 62.7 Å². The Morgan fingerprint density at radius 1 is 0.809 bits per heavy atom. The molecule has 68 heavy (non-hydrogen) atoms. The molecule has 2 amide bonds. The molecule has 1 aliphatic carbocycles. The maximum Gasteiger partial charge on any atom is 0.335 e. The van der Waals surface area contributed by atoms with Crippen LogP contribution in [0.1, 0.15) is 63.5 Å². The van der Waals surface area contributed by atoms with Crippen molar-refractivity contribution in [1.29, 1.82) is 0 Å². The van der Waals surface area contributed by atoms with Gasteiger partial charge in [-0.15, -0.1) is 5.06 Å². The van der Waals surface area contributed by atoms with Gasteiger partial charge in [0.1, 0.15) is 29.0 Å². The molecular formula is C44H55N3O18S3-2. The lowest BCUT2D eigenvalue weighted by Gasteiger charge is -2.30. The van der Waals surface area contributed by atoms with Crippen LogP contribution in [-0.4, -0.2) is 146 Å². The normalized spacial score (nSPS) is 17.8. The quantitative estimate of drug-likeness (QED) is 0.0435. The fraction of sp³-hybridized carbons (Fsp3) is 0.500. The summed E-state index contributed by atoms with van der Waals surface area (Å²) in [7, 11) is -13.8. The van der Waals surface area contributed by atoms with E-state index in [1.807, 2.05) is 40.7 Å². The number of hydrogen-bond acceptors (Lipinski definition) is 19. The SMILES string of the molecule is CC[N+](CCCS(=O)(=O)[O-])=c1ccc2c(/C=C/C=C3/N(CCOCCOCCOCCOCCC(=O)ON4C(=O)CCC4=O)c4ccc(S(=O)(=O)[O-])cc4C3(C)CCCS(=O)(=O)[O-])ccoc-2c1. The van der Waals surface area contributed by atoms with E-state index < -0.39 is 70.0 Å². The van der Waals surface area contributed by atoms with Crippen LogP contribution in [0.5, 0.6) is 0 Å². The highest BCUT2D eigenvalue weighted by Crippen LogP contribution is 2.51. The third-order valence-electron chi connectivity index (χ3n) is 11.1. The summed E-state index contributed by atoms with van der Waals surface area (Å²) >= 11 is 0. The fourth-order valence-electron chi connectivity index (χ4n) is 7.78. The van der Waals surface area contributed by atoms with E-state index in [1.54, 1.807) is 25.1 Å². The first kappa shape index (κ1) is 54.1. The number of nitrogens with zero attached hydrogens (tertiary/aromatic N) is 3. The Labute approximate surface area is 395 Å². The summed E-state index contributed by atoms with van der Waals surface area (Å²) < 4.78 is 135. The molecule has 1 unspecified atom stereocenters. The summed E-state index contributed by atoms with van der Waals surface area (Å²) in [5.41, 5.74) is 2.06. The molecule has 1 aromatic carbocycles. The number of rotatable bonds is 28. The number of hydroxylamine groups is 2. The van der Waals surface area contributed by atoms with Gasteiger partial charge < -0.3 is 46.8 Å². The van der Waals surface area contributed by atoms with Crippen molar-refractivity contribution in [2.24, 2.45) is 0 Å². The molecule has 4 aliphatic rings. The van der Waals surface area contributed by atoms with Crippen LogP contribution in [0.2, 0.25) is 0 Å². The van der Waals surface area contributed by atoms with E-state index in [-0.39, 0.29) is 97.9 Å². The van der Waals surface area contributed by atoms with Gasteiger partial charge in [-0.05, 0) is 74.2 Å². The first-order valence-electron chi connectivity index (χ1n) is 21.8. The molecule has 0 aromatic heterocycles. The van der Waals surface area contributed by atoms with Crippen molar-refractivity contribution in [1.82, 2.24) is 9.64 Å². The summed E-state index contributed by atoms with van der Waals surface area (Å²) in [5, 5.41) is 1.24. The van der Waals surface area contributed by atoms with Gasteiger partial charge in [-0.3, -0.25) is 9.59 Å². The molecule has 24 heteroatoms. The number of carbonyl (C=O) groups is 3. The fourth-order valence-corrected chi connectivity index (χ4v) is 9.25. The molecule has 21 nitrogen and oxygen atoms in total. The molecule has 0 radical (unpaired) electrons. The smallest absolute Gasteiger partial charge is 0.335 e. The molecule has 1 atom stereocenters. The van der Waals surface area contributed by atoms with Gasteiger partial charge in [-0.25, -0.2) is 34.6 Å². The molecule has 1 fully saturated rings. The molecule has 1 aromatic rings. The van der Waals surface area contributed by atoms with Crippen LogP contribution in [-0.2, 0) is 73.9 Å². The summed E-state index contributed by atoms with van der Waals surface area (Å²) in [4.78, 5) is 41.1. The van der Waals surface area contributed by atoms with E-state index >= 15 is 0 Å². The minimum absolute atomic E-state index is 0.00508. The van der Waals surface area contributed by atoms with Crippen LogP contribution in [0, 0.1) is 0 Å². The van der Waals surface area contributed by atoms with Crippen molar-refractivity contribution in [2.75, 3.05) is 88.9 Å². The highest BCUT2D eigenvalue weighted by Gasteiger charge is 2.43. The van der Waals surface area contributed by atoms with Crippen molar-refractivity contribution in [3.8, 4) is 11.3 Å². The number of carbonyl (C=O) groups excluding carboxylic acids is 3. The minimum Gasteiger partial charge on any atom is -0.748 e. The van der Waals surface area contributed by atoms with Gasteiger partial charge >= 0.3 is 5.97 Å². The van der Waals surface area contributed by atoms with Crippen molar-refractivity contribution >= 4 is 59.9 Å². The monoisotopic (exact) mass is 1010 g/mol. The number of imide groups is 1. The molecular weight excluding hydrogens is 955 g/mol. The van der Waals surface area contributed by atoms with Crippen molar-refractivity contribution in [3.63, 3.8) is 0 Å². The number of fused-ring (bicyclic) bond motifs is 2. The van der Waals surface area contributed by atoms with Crippen LogP contribution >= 0.6 is 0 Å². The van der Waals surface area contributed by atoms with Crippen molar-refractivity contribution in [3.05, 3.63) is 83.1 Å². The zero-order valence-corrected chi connectivity index (χ0v) is 40.2. The zero-order chi connectivity index (χ0) is 49.5.